The Morgan fingerprint density at radius 1 is 1.50 bits per heavy atom. The van der Waals surface area contributed by atoms with Gasteiger partial charge in [-0.15, -0.1) is 10.2 Å². The summed E-state index contributed by atoms with van der Waals surface area (Å²) in [7, 11) is 1.68. The van der Waals surface area contributed by atoms with Crippen LogP contribution >= 0.6 is 0 Å². The van der Waals surface area contributed by atoms with Gasteiger partial charge in [0.15, 0.2) is 0 Å². The van der Waals surface area contributed by atoms with Crippen molar-refractivity contribution in [1.82, 2.24) is 14.8 Å². The Labute approximate surface area is 59.8 Å². The van der Waals surface area contributed by atoms with Gasteiger partial charge >= 0.3 is 0 Å². The van der Waals surface area contributed by atoms with Gasteiger partial charge in [-0.2, -0.15) is 0 Å². The summed E-state index contributed by atoms with van der Waals surface area (Å²) < 4.78 is 6.86. The van der Waals surface area contributed by atoms with Crippen LogP contribution in [-0.2, 0) is 4.74 Å². The first-order valence-electron chi connectivity index (χ1n) is 3.17. The normalized spacial score (nSPS) is 13.4. The molecule has 0 aliphatic carbocycles. The van der Waals surface area contributed by atoms with Crippen LogP contribution in [0, 0.1) is 0 Å². The van der Waals surface area contributed by atoms with Gasteiger partial charge in [-0.1, -0.05) is 0 Å². The summed E-state index contributed by atoms with van der Waals surface area (Å²) in [6, 6.07) is 0.319. The predicted molar refractivity (Wildman–Crippen MR) is 36.6 cm³/mol. The van der Waals surface area contributed by atoms with Crippen LogP contribution < -0.4 is 0 Å². The molecule has 0 aromatic carbocycles. The van der Waals surface area contributed by atoms with Gasteiger partial charge in [0.1, 0.15) is 12.7 Å². The second kappa shape index (κ2) is 3.31. The van der Waals surface area contributed by atoms with E-state index in [9.17, 15) is 0 Å². The first-order chi connectivity index (χ1) is 4.84. The van der Waals surface area contributed by atoms with E-state index >= 15 is 0 Å². The highest BCUT2D eigenvalue weighted by Crippen LogP contribution is 2.01. The van der Waals surface area contributed by atoms with Crippen molar-refractivity contribution >= 4 is 0 Å². The van der Waals surface area contributed by atoms with Gasteiger partial charge in [0.2, 0.25) is 0 Å². The molecule has 4 nitrogen and oxygen atoms in total. The number of nitrogens with zero attached hydrogens (tertiary/aromatic N) is 3. The molecular weight excluding hydrogens is 130 g/mol. The molecule has 4 heteroatoms. The van der Waals surface area contributed by atoms with Crippen molar-refractivity contribution < 1.29 is 4.74 Å². The van der Waals surface area contributed by atoms with Crippen molar-refractivity contribution in [3.8, 4) is 0 Å². The van der Waals surface area contributed by atoms with E-state index in [0.29, 0.717) is 12.6 Å². The number of hydrogen-bond donors (Lipinski definition) is 0. The Kier molecular flexibility index (Phi) is 2.39. The second-order valence-electron chi connectivity index (χ2n) is 2.21. The minimum Gasteiger partial charge on any atom is -0.383 e. The van der Waals surface area contributed by atoms with E-state index in [2.05, 4.69) is 10.2 Å². The van der Waals surface area contributed by atoms with Crippen molar-refractivity contribution in [1.29, 1.82) is 0 Å². The average Bonchev–Trinajstić information content (AvgIpc) is 2.38. The van der Waals surface area contributed by atoms with Crippen molar-refractivity contribution in [3.05, 3.63) is 12.7 Å². The molecule has 1 atom stereocenters. The zero-order valence-corrected chi connectivity index (χ0v) is 6.19. The molecule has 0 spiro atoms. The van der Waals surface area contributed by atoms with Gasteiger partial charge in [0, 0.05) is 7.11 Å². The molecule has 1 heterocycles. The fraction of sp³-hybridized carbons (Fsp3) is 0.667. The molecule has 1 aromatic rings. The molecule has 0 aliphatic heterocycles. The molecule has 0 saturated carbocycles. The molecule has 0 bridgehead atoms. The first kappa shape index (κ1) is 7.21. The van der Waals surface area contributed by atoms with Crippen LogP contribution in [0.25, 0.3) is 0 Å². The van der Waals surface area contributed by atoms with E-state index in [-0.39, 0.29) is 0 Å². The number of methoxy groups -OCH3 is 1. The average molecular weight is 141 g/mol. The zero-order chi connectivity index (χ0) is 7.40. The standard InChI is InChI=1S/C6H11N3O/c1-6(3-10-2)9-4-7-8-5-9/h4-6H,3H2,1-2H3. The van der Waals surface area contributed by atoms with E-state index in [1.54, 1.807) is 19.8 Å². The van der Waals surface area contributed by atoms with Gasteiger partial charge in [0.25, 0.3) is 0 Å². The van der Waals surface area contributed by atoms with E-state index in [0.717, 1.165) is 0 Å². The van der Waals surface area contributed by atoms with E-state index in [1.807, 2.05) is 11.5 Å². The predicted octanol–water partition coefficient (Wildman–Crippen LogP) is 0.485. The highest BCUT2D eigenvalue weighted by atomic mass is 16.5. The van der Waals surface area contributed by atoms with Gasteiger partial charge in [-0.3, -0.25) is 0 Å². The third-order valence-corrected chi connectivity index (χ3v) is 1.35. The summed E-state index contributed by atoms with van der Waals surface area (Å²) in [5.74, 6) is 0. The quantitative estimate of drug-likeness (QED) is 0.614. The number of rotatable bonds is 3. The fourth-order valence-electron chi connectivity index (χ4n) is 0.764. The topological polar surface area (TPSA) is 39.9 Å². The van der Waals surface area contributed by atoms with Gasteiger partial charge < -0.3 is 9.30 Å². The molecule has 56 valence electrons. The van der Waals surface area contributed by atoms with Crippen molar-refractivity contribution in [2.75, 3.05) is 13.7 Å². The lowest BCUT2D eigenvalue weighted by Gasteiger charge is -2.09. The molecule has 0 amide bonds. The third kappa shape index (κ3) is 1.54. The van der Waals surface area contributed by atoms with E-state index < -0.39 is 0 Å². The lowest BCUT2D eigenvalue weighted by Crippen LogP contribution is -2.08. The van der Waals surface area contributed by atoms with Crippen LogP contribution in [0.3, 0.4) is 0 Å². The van der Waals surface area contributed by atoms with Crippen molar-refractivity contribution in [2.24, 2.45) is 0 Å². The smallest absolute Gasteiger partial charge is 0.119 e. The molecule has 1 aromatic heterocycles. The largest absolute Gasteiger partial charge is 0.383 e. The Hall–Kier alpha value is -0.900. The summed E-state index contributed by atoms with van der Waals surface area (Å²) in [6.07, 6.45) is 3.37. The molecule has 1 unspecified atom stereocenters. The highest BCUT2D eigenvalue weighted by molar-refractivity contribution is 4.67. The van der Waals surface area contributed by atoms with Crippen LogP contribution in [0.5, 0.6) is 0 Å². The number of hydrogen-bond acceptors (Lipinski definition) is 3. The van der Waals surface area contributed by atoms with Crippen LogP contribution in [0.15, 0.2) is 12.7 Å². The molecule has 0 saturated heterocycles. The molecular formula is C6H11N3O. The maximum atomic E-state index is 4.95. The SMILES string of the molecule is COCC(C)n1cnnc1. The molecule has 0 aliphatic rings. The fourth-order valence-corrected chi connectivity index (χ4v) is 0.764. The lowest BCUT2D eigenvalue weighted by atomic mass is 10.4. The van der Waals surface area contributed by atoms with Gasteiger partial charge in [-0.25, -0.2) is 0 Å². The highest BCUT2D eigenvalue weighted by Gasteiger charge is 2.01. The second-order valence-corrected chi connectivity index (χ2v) is 2.21. The maximum Gasteiger partial charge on any atom is 0.119 e. The third-order valence-electron chi connectivity index (χ3n) is 1.35. The molecule has 10 heavy (non-hydrogen) atoms. The van der Waals surface area contributed by atoms with Crippen molar-refractivity contribution in [2.45, 2.75) is 13.0 Å². The monoisotopic (exact) mass is 141 g/mol. The summed E-state index contributed by atoms with van der Waals surface area (Å²) in [5, 5.41) is 7.37. The van der Waals surface area contributed by atoms with E-state index in [4.69, 9.17) is 4.74 Å². The minimum absolute atomic E-state index is 0.319. The summed E-state index contributed by atoms with van der Waals surface area (Å²) >= 11 is 0. The van der Waals surface area contributed by atoms with Crippen LogP contribution in [0.2, 0.25) is 0 Å². The minimum atomic E-state index is 0.319. The van der Waals surface area contributed by atoms with Gasteiger partial charge in [-0.05, 0) is 6.92 Å². The molecule has 1 rings (SSSR count). The van der Waals surface area contributed by atoms with Crippen LogP contribution in [-0.4, -0.2) is 28.5 Å². The lowest BCUT2D eigenvalue weighted by molar-refractivity contribution is 0.162. The summed E-state index contributed by atoms with van der Waals surface area (Å²) in [5.41, 5.74) is 0. The van der Waals surface area contributed by atoms with E-state index in [1.165, 1.54) is 0 Å². The Bertz CT molecular complexity index is 173. The molecule has 0 radical (unpaired) electrons. The maximum absolute atomic E-state index is 4.95. The Morgan fingerprint density at radius 2 is 2.10 bits per heavy atom. The molecule has 0 N–H and O–H groups in total. The number of ether oxygens (including phenoxy) is 1. The Balaban J connectivity index is 2.50. The van der Waals surface area contributed by atoms with Crippen LogP contribution in [0.1, 0.15) is 13.0 Å². The number of aromatic nitrogens is 3. The summed E-state index contributed by atoms with van der Waals surface area (Å²) in [4.78, 5) is 0. The van der Waals surface area contributed by atoms with Gasteiger partial charge in [0.05, 0.1) is 12.6 Å². The zero-order valence-electron chi connectivity index (χ0n) is 6.19. The summed E-state index contributed by atoms with van der Waals surface area (Å²) in [6.45, 7) is 2.74. The first-order valence-corrected chi connectivity index (χ1v) is 3.17. The Morgan fingerprint density at radius 3 is 2.60 bits per heavy atom. The molecule has 0 fully saturated rings. The van der Waals surface area contributed by atoms with Crippen molar-refractivity contribution in [3.63, 3.8) is 0 Å². The van der Waals surface area contributed by atoms with Crippen LogP contribution in [0.4, 0.5) is 0 Å².